The standard InChI is InChI=1S/C48H25B2NO2S3/c1-2-12-26(13-3-1)51-33-18-8-6-16-29(33)49-32-22-31-35(24-36(32)53-47-43-27-14-4-9-19-38(27)54-41(43)23-34(51)45(47)49)52-37-25-42-44(28-15-5-10-20-39(28)55-42)48-46(37)50(31)30-17-7-11-21-40(30)56-48/h1-25H. The highest BCUT2D eigenvalue weighted by molar-refractivity contribution is 8.00. The third-order valence-corrected chi connectivity index (χ3v) is 15.7. The van der Waals surface area contributed by atoms with Gasteiger partial charge in [0.2, 0.25) is 0 Å². The van der Waals surface area contributed by atoms with E-state index in [1.54, 1.807) is 0 Å². The van der Waals surface area contributed by atoms with Crippen LogP contribution in [0.2, 0.25) is 0 Å². The summed E-state index contributed by atoms with van der Waals surface area (Å²) in [6.07, 6.45) is 0. The Labute approximate surface area is 334 Å². The molecule has 0 atom stereocenters. The van der Waals surface area contributed by atoms with Gasteiger partial charge in [-0.2, -0.15) is 0 Å². The highest BCUT2D eigenvalue weighted by atomic mass is 32.2. The summed E-state index contributed by atoms with van der Waals surface area (Å²) in [7, 11) is 0. The number of rotatable bonds is 1. The number of fused-ring (bicyclic) bond motifs is 16. The van der Waals surface area contributed by atoms with Crippen LogP contribution in [0.3, 0.4) is 0 Å². The lowest BCUT2D eigenvalue weighted by Gasteiger charge is -2.41. The predicted octanol–water partition coefficient (Wildman–Crippen LogP) is 9.91. The van der Waals surface area contributed by atoms with Gasteiger partial charge in [-0.25, -0.2) is 0 Å². The Hall–Kier alpha value is -5.92. The molecule has 4 aliphatic heterocycles. The second kappa shape index (κ2) is 10.9. The molecule has 10 aromatic rings. The lowest BCUT2D eigenvalue weighted by atomic mass is 9.31. The Morgan fingerprint density at radius 2 is 1.09 bits per heavy atom. The van der Waals surface area contributed by atoms with Gasteiger partial charge < -0.3 is 14.4 Å². The number of benzene rings is 8. The number of nitrogens with zero attached hydrogens (tertiary/aromatic N) is 1. The summed E-state index contributed by atoms with van der Waals surface area (Å²) >= 11 is 5.59. The van der Waals surface area contributed by atoms with E-state index in [0.29, 0.717) is 0 Å². The van der Waals surface area contributed by atoms with Gasteiger partial charge in [0, 0.05) is 73.3 Å². The number of ether oxygens (including phenoxy) is 2. The summed E-state index contributed by atoms with van der Waals surface area (Å²) in [4.78, 5) is 5.07. The minimum absolute atomic E-state index is 0.0263. The van der Waals surface area contributed by atoms with Gasteiger partial charge in [-0.3, -0.25) is 0 Å². The molecule has 0 bridgehead atoms. The lowest BCUT2D eigenvalue weighted by molar-refractivity contribution is 0.468. The Morgan fingerprint density at radius 3 is 1.91 bits per heavy atom. The van der Waals surface area contributed by atoms with Crippen LogP contribution in [0.25, 0.3) is 40.3 Å². The number of thiophene rings is 2. The van der Waals surface area contributed by atoms with Gasteiger partial charge >= 0.3 is 0 Å². The number of hydrogen-bond donors (Lipinski definition) is 0. The molecule has 0 aliphatic carbocycles. The van der Waals surface area contributed by atoms with Crippen molar-refractivity contribution in [1.29, 1.82) is 0 Å². The number of hydrogen-bond acceptors (Lipinski definition) is 6. The molecule has 8 heteroatoms. The first-order valence-electron chi connectivity index (χ1n) is 19.0. The monoisotopic (exact) mass is 765 g/mol. The number of anilines is 3. The molecule has 0 fully saturated rings. The molecular formula is C48H25B2NO2S3. The van der Waals surface area contributed by atoms with E-state index < -0.39 is 0 Å². The van der Waals surface area contributed by atoms with Crippen LogP contribution in [0.1, 0.15) is 0 Å². The van der Waals surface area contributed by atoms with Gasteiger partial charge in [0.05, 0.1) is 0 Å². The van der Waals surface area contributed by atoms with Crippen molar-refractivity contribution in [2.24, 2.45) is 0 Å². The average Bonchev–Trinajstić information content (AvgIpc) is 3.81. The van der Waals surface area contributed by atoms with E-state index in [4.69, 9.17) is 9.47 Å². The van der Waals surface area contributed by atoms with Crippen molar-refractivity contribution in [2.45, 2.75) is 9.79 Å². The van der Waals surface area contributed by atoms with Crippen LogP contribution in [0.4, 0.5) is 17.1 Å². The zero-order chi connectivity index (χ0) is 36.2. The minimum atomic E-state index is -0.0364. The molecule has 4 aliphatic rings. The summed E-state index contributed by atoms with van der Waals surface area (Å²) in [5.41, 5.74) is 11.0. The van der Waals surface area contributed by atoms with E-state index in [1.165, 1.54) is 94.3 Å². The largest absolute Gasteiger partial charge is 0.458 e. The zero-order valence-electron chi connectivity index (χ0n) is 29.6. The fourth-order valence-corrected chi connectivity index (χ4v) is 13.6. The maximum absolute atomic E-state index is 7.34. The molecule has 0 radical (unpaired) electrons. The van der Waals surface area contributed by atoms with E-state index in [0.717, 1.165) is 28.7 Å². The van der Waals surface area contributed by atoms with Crippen LogP contribution in [-0.4, -0.2) is 13.4 Å². The predicted molar refractivity (Wildman–Crippen MR) is 240 cm³/mol. The third kappa shape index (κ3) is 3.86. The molecule has 6 heterocycles. The molecule has 14 rings (SSSR count). The van der Waals surface area contributed by atoms with Crippen molar-refractivity contribution in [3.8, 4) is 23.0 Å². The van der Waals surface area contributed by atoms with Gasteiger partial charge in [-0.1, -0.05) is 114 Å². The first kappa shape index (κ1) is 30.3. The quantitative estimate of drug-likeness (QED) is 0.155. The normalized spacial score (nSPS) is 14.2. The van der Waals surface area contributed by atoms with Crippen molar-refractivity contribution in [1.82, 2.24) is 0 Å². The molecule has 56 heavy (non-hydrogen) atoms. The van der Waals surface area contributed by atoms with E-state index in [9.17, 15) is 0 Å². The molecule has 0 N–H and O–H groups in total. The van der Waals surface area contributed by atoms with E-state index >= 15 is 0 Å². The highest BCUT2D eigenvalue weighted by Crippen LogP contribution is 2.50. The summed E-state index contributed by atoms with van der Waals surface area (Å²) < 4.78 is 19.5. The molecule has 3 nitrogen and oxygen atoms in total. The number of para-hydroxylation sites is 2. The van der Waals surface area contributed by atoms with Gasteiger partial charge in [0.25, 0.3) is 13.4 Å². The molecule has 0 saturated heterocycles. The fraction of sp³-hybridized carbons (Fsp3) is 0. The Bertz CT molecular complexity index is 3390. The Balaban J connectivity index is 1.07. The molecule has 258 valence electrons. The molecule has 8 aromatic carbocycles. The summed E-state index contributed by atoms with van der Waals surface area (Å²) in [5, 5.41) is 5.08. The average molecular weight is 766 g/mol. The van der Waals surface area contributed by atoms with Crippen LogP contribution in [0, 0.1) is 0 Å². The minimum Gasteiger partial charge on any atom is -0.458 e. The van der Waals surface area contributed by atoms with Crippen molar-refractivity contribution >= 4 is 138 Å². The molecule has 2 aromatic heterocycles. The van der Waals surface area contributed by atoms with Crippen LogP contribution >= 0.6 is 34.4 Å². The van der Waals surface area contributed by atoms with Crippen molar-refractivity contribution < 1.29 is 9.47 Å². The molecular weight excluding hydrogens is 740 g/mol. The topological polar surface area (TPSA) is 21.7 Å². The van der Waals surface area contributed by atoms with Crippen molar-refractivity contribution in [2.75, 3.05) is 4.90 Å². The molecule has 0 amide bonds. The second-order valence-electron chi connectivity index (χ2n) is 15.1. The maximum atomic E-state index is 7.34. The Kier molecular flexibility index (Phi) is 5.89. The Morgan fingerprint density at radius 1 is 0.446 bits per heavy atom. The van der Waals surface area contributed by atoms with Crippen molar-refractivity contribution in [3.05, 3.63) is 152 Å². The van der Waals surface area contributed by atoms with Gasteiger partial charge in [0.15, 0.2) is 0 Å². The van der Waals surface area contributed by atoms with Crippen LogP contribution < -0.4 is 47.2 Å². The van der Waals surface area contributed by atoms with E-state index in [-0.39, 0.29) is 13.4 Å². The summed E-state index contributed by atoms with van der Waals surface area (Å²) in [6, 6.07) is 55.6. The highest BCUT2D eigenvalue weighted by Gasteiger charge is 2.46. The van der Waals surface area contributed by atoms with Gasteiger partial charge in [-0.05, 0) is 75.8 Å². The zero-order valence-corrected chi connectivity index (χ0v) is 32.0. The smallest absolute Gasteiger partial charge is 0.256 e. The van der Waals surface area contributed by atoms with E-state index in [2.05, 4.69) is 157 Å². The molecule has 0 spiro atoms. The van der Waals surface area contributed by atoms with Crippen molar-refractivity contribution in [3.63, 3.8) is 0 Å². The SMILES string of the molecule is c1ccc(N2c3ccccc3B3c4cc5c(cc4Oc4c3c2cc2sc3ccccc3c42)Oc2cc3sc4ccccc4c3c3c2B5c2ccccc2S3)cc1. The molecule has 0 saturated carbocycles. The van der Waals surface area contributed by atoms with Gasteiger partial charge in [-0.15, -0.1) is 22.7 Å². The second-order valence-corrected chi connectivity index (χ2v) is 18.3. The maximum Gasteiger partial charge on any atom is 0.256 e. The van der Waals surface area contributed by atoms with Crippen LogP contribution in [0.5, 0.6) is 23.0 Å². The first-order chi connectivity index (χ1) is 27.8. The first-order valence-corrected chi connectivity index (χ1v) is 21.4. The summed E-state index contributed by atoms with van der Waals surface area (Å²) in [6.45, 7) is -0.0102. The van der Waals surface area contributed by atoms with E-state index in [1.807, 2.05) is 34.4 Å². The summed E-state index contributed by atoms with van der Waals surface area (Å²) in [5.74, 6) is 3.64. The third-order valence-electron chi connectivity index (χ3n) is 12.2. The van der Waals surface area contributed by atoms with Crippen LogP contribution in [0.15, 0.2) is 161 Å². The van der Waals surface area contributed by atoms with Crippen LogP contribution in [-0.2, 0) is 0 Å². The fourth-order valence-electron chi connectivity index (χ4n) is 9.98. The lowest BCUT2D eigenvalue weighted by Crippen LogP contribution is -2.62. The molecule has 0 unspecified atom stereocenters. The van der Waals surface area contributed by atoms with Gasteiger partial charge in [0.1, 0.15) is 23.0 Å².